The summed E-state index contributed by atoms with van der Waals surface area (Å²) in [7, 11) is 0. The Hall–Kier alpha value is -2.62. The fourth-order valence-electron chi connectivity index (χ4n) is 3.38. The molecule has 0 saturated heterocycles. The van der Waals surface area contributed by atoms with Crippen molar-refractivity contribution in [2.24, 2.45) is 0 Å². The number of hydrogen-bond donors (Lipinski definition) is 1. The Morgan fingerprint density at radius 2 is 1.66 bits per heavy atom. The molecule has 0 unspecified atom stereocenters. The van der Waals surface area contributed by atoms with E-state index in [0.29, 0.717) is 25.9 Å². The molecule has 2 rings (SSSR count). The molecule has 4 nitrogen and oxygen atoms in total. The molecule has 1 N–H and O–H groups in total. The number of nitrogens with one attached hydrogen (secondary N) is 1. The van der Waals surface area contributed by atoms with Crippen molar-refractivity contribution in [3.63, 3.8) is 0 Å². The second kappa shape index (κ2) is 12.1. The SMILES string of the molecule is CCCCNC(=O)[C@H](CC)N(CCc1ccccc1)C(=O)Cc1ccc(C)cc1. The van der Waals surface area contributed by atoms with Crippen LogP contribution in [0.4, 0.5) is 0 Å². The van der Waals surface area contributed by atoms with E-state index in [2.05, 4.69) is 24.4 Å². The van der Waals surface area contributed by atoms with Crippen LogP contribution in [0.1, 0.15) is 49.8 Å². The highest BCUT2D eigenvalue weighted by Crippen LogP contribution is 2.13. The number of carbonyl (C=O) groups excluding carboxylic acids is 2. The quantitative estimate of drug-likeness (QED) is 0.578. The molecule has 0 aliphatic carbocycles. The molecule has 0 saturated carbocycles. The summed E-state index contributed by atoms with van der Waals surface area (Å²) in [4.78, 5) is 27.8. The van der Waals surface area contributed by atoms with Gasteiger partial charge in [0.25, 0.3) is 0 Å². The molecule has 0 fully saturated rings. The maximum Gasteiger partial charge on any atom is 0.242 e. The second-order valence-electron chi connectivity index (χ2n) is 7.55. The average molecular weight is 395 g/mol. The Kier molecular flexibility index (Phi) is 9.42. The standard InChI is InChI=1S/C25H34N2O2/c1-4-6-17-26-25(29)23(5-2)27(18-16-21-10-8-7-9-11-21)24(28)19-22-14-12-20(3)13-15-22/h7-15,23H,4-6,16-19H2,1-3H3,(H,26,29)/t23-/m0/s1. The highest BCUT2D eigenvalue weighted by Gasteiger charge is 2.28. The zero-order chi connectivity index (χ0) is 21.1. The van der Waals surface area contributed by atoms with Gasteiger partial charge in [0.15, 0.2) is 0 Å². The molecule has 1 atom stereocenters. The van der Waals surface area contributed by atoms with Crippen molar-refractivity contribution in [3.8, 4) is 0 Å². The first-order valence-corrected chi connectivity index (χ1v) is 10.7. The Morgan fingerprint density at radius 3 is 2.28 bits per heavy atom. The molecule has 0 aliphatic heterocycles. The molecule has 0 aliphatic rings. The Bertz CT molecular complexity index is 756. The minimum absolute atomic E-state index is 0.00211. The Morgan fingerprint density at radius 1 is 0.966 bits per heavy atom. The maximum atomic E-state index is 13.2. The minimum atomic E-state index is -0.437. The highest BCUT2D eigenvalue weighted by molar-refractivity contribution is 5.88. The van der Waals surface area contributed by atoms with Gasteiger partial charge in [-0.3, -0.25) is 9.59 Å². The number of benzene rings is 2. The summed E-state index contributed by atoms with van der Waals surface area (Å²) in [5.74, 6) is -0.0476. The molecule has 0 radical (unpaired) electrons. The van der Waals surface area contributed by atoms with Crippen molar-refractivity contribution in [2.45, 2.75) is 58.9 Å². The van der Waals surface area contributed by atoms with E-state index < -0.39 is 6.04 Å². The summed E-state index contributed by atoms with van der Waals surface area (Å²) in [5, 5.41) is 3.01. The fourth-order valence-corrected chi connectivity index (χ4v) is 3.38. The van der Waals surface area contributed by atoms with Crippen LogP contribution < -0.4 is 5.32 Å². The number of rotatable bonds is 11. The molecule has 2 amide bonds. The van der Waals surface area contributed by atoms with Gasteiger partial charge in [0.2, 0.25) is 11.8 Å². The van der Waals surface area contributed by atoms with Crippen LogP contribution in [0.5, 0.6) is 0 Å². The summed E-state index contributed by atoms with van der Waals surface area (Å²) >= 11 is 0. The number of hydrogen-bond acceptors (Lipinski definition) is 2. The van der Waals surface area contributed by atoms with E-state index >= 15 is 0 Å². The molecule has 2 aromatic carbocycles. The molecule has 0 spiro atoms. The molecule has 0 bridgehead atoms. The maximum absolute atomic E-state index is 13.2. The molecule has 4 heteroatoms. The molecular weight excluding hydrogens is 360 g/mol. The predicted octanol–water partition coefficient (Wildman–Crippen LogP) is 4.30. The van der Waals surface area contributed by atoms with Gasteiger partial charge < -0.3 is 10.2 Å². The van der Waals surface area contributed by atoms with Gasteiger partial charge >= 0.3 is 0 Å². The van der Waals surface area contributed by atoms with E-state index in [-0.39, 0.29) is 11.8 Å². The number of carbonyl (C=O) groups is 2. The lowest BCUT2D eigenvalue weighted by Gasteiger charge is -2.31. The van der Waals surface area contributed by atoms with Gasteiger partial charge in [-0.15, -0.1) is 0 Å². The summed E-state index contributed by atoms with van der Waals surface area (Å²) in [6.07, 6.45) is 3.63. The molecule has 0 aromatic heterocycles. The first-order valence-electron chi connectivity index (χ1n) is 10.7. The normalized spacial score (nSPS) is 11.7. The van der Waals surface area contributed by atoms with Gasteiger partial charge in [0.1, 0.15) is 6.04 Å². The molecular formula is C25H34N2O2. The first kappa shape index (κ1) is 22.7. The van der Waals surface area contributed by atoms with E-state index in [1.54, 1.807) is 4.90 Å². The van der Waals surface area contributed by atoms with Crippen LogP contribution >= 0.6 is 0 Å². The van der Waals surface area contributed by atoms with E-state index in [9.17, 15) is 9.59 Å². The summed E-state index contributed by atoms with van der Waals surface area (Å²) in [6, 6.07) is 17.7. The summed E-state index contributed by atoms with van der Waals surface area (Å²) in [6.45, 7) is 7.30. The zero-order valence-corrected chi connectivity index (χ0v) is 18.0. The van der Waals surface area contributed by atoms with E-state index in [1.807, 2.05) is 56.3 Å². The van der Waals surface area contributed by atoms with Gasteiger partial charge in [-0.25, -0.2) is 0 Å². The van der Waals surface area contributed by atoms with Crippen molar-refractivity contribution >= 4 is 11.8 Å². The largest absolute Gasteiger partial charge is 0.354 e. The van der Waals surface area contributed by atoms with Crippen LogP contribution in [0, 0.1) is 6.92 Å². The number of unbranched alkanes of at least 4 members (excludes halogenated alkanes) is 1. The third kappa shape index (κ3) is 7.37. The van der Waals surface area contributed by atoms with Gasteiger partial charge in [0.05, 0.1) is 6.42 Å². The Labute approximate surface area is 175 Å². The first-order chi connectivity index (χ1) is 14.0. The molecule has 156 valence electrons. The van der Waals surface area contributed by atoms with Gasteiger partial charge in [-0.1, -0.05) is 80.4 Å². The third-order valence-corrected chi connectivity index (χ3v) is 5.18. The summed E-state index contributed by atoms with van der Waals surface area (Å²) < 4.78 is 0. The van der Waals surface area contributed by atoms with Crippen LogP contribution in [0.15, 0.2) is 54.6 Å². The van der Waals surface area contributed by atoms with Crippen LogP contribution in [-0.2, 0) is 22.4 Å². The fraction of sp³-hybridized carbons (Fsp3) is 0.440. The lowest BCUT2D eigenvalue weighted by molar-refractivity contribution is -0.140. The van der Waals surface area contributed by atoms with Crippen molar-refractivity contribution in [1.29, 1.82) is 0 Å². The monoisotopic (exact) mass is 394 g/mol. The lowest BCUT2D eigenvalue weighted by Crippen LogP contribution is -2.50. The molecule has 2 aromatic rings. The zero-order valence-electron chi connectivity index (χ0n) is 18.0. The second-order valence-corrected chi connectivity index (χ2v) is 7.55. The average Bonchev–Trinajstić information content (AvgIpc) is 2.73. The van der Waals surface area contributed by atoms with Crippen LogP contribution in [0.25, 0.3) is 0 Å². The molecule has 0 heterocycles. The van der Waals surface area contributed by atoms with Crippen molar-refractivity contribution < 1.29 is 9.59 Å². The highest BCUT2D eigenvalue weighted by atomic mass is 16.2. The van der Waals surface area contributed by atoms with E-state index in [1.165, 1.54) is 11.1 Å². The van der Waals surface area contributed by atoms with Gasteiger partial charge in [-0.2, -0.15) is 0 Å². The van der Waals surface area contributed by atoms with Crippen molar-refractivity contribution in [3.05, 3.63) is 71.3 Å². The number of nitrogens with zero attached hydrogens (tertiary/aromatic N) is 1. The van der Waals surface area contributed by atoms with Gasteiger partial charge in [0, 0.05) is 13.1 Å². The predicted molar refractivity (Wildman–Crippen MR) is 119 cm³/mol. The van der Waals surface area contributed by atoms with Crippen molar-refractivity contribution in [2.75, 3.05) is 13.1 Å². The summed E-state index contributed by atoms with van der Waals surface area (Å²) in [5.41, 5.74) is 3.32. The minimum Gasteiger partial charge on any atom is -0.354 e. The Balaban J connectivity index is 2.14. The topological polar surface area (TPSA) is 49.4 Å². The number of amides is 2. The van der Waals surface area contributed by atoms with Crippen LogP contribution in [-0.4, -0.2) is 35.8 Å². The van der Waals surface area contributed by atoms with E-state index in [4.69, 9.17) is 0 Å². The van der Waals surface area contributed by atoms with Crippen LogP contribution in [0.2, 0.25) is 0 Å². The lowest BCUT2D eigenvalue weighted by atomic mass is 10.1. The van der Waals surface area contributed by atoms with Crippen molar-refractivity contribution in [1.82, 2.24) is 10.2 Å². The van der Waals surface area contributed by atoms with Crippen LogP contribution in [0.3, 0.4) is 0 Å². The van der Waals surface area contributed by atoms with Gasteiger partial charge in [-0.05, 0) is 37.3 Å². The smallest absolute Gasteiger partial charge is 0.242 e. The number of aryl methyl sites for hydroxylation is 1. The molecule has 29 heavy (non-hydrogen) atoms. The van der Waals surface area contributed by atoms with E-state index in [0.717, 1.165) is 24.8 Å². The third-order valence-electron chi connectivity index (χ3n) is 5.18.